The Labute approximate surface area is 162 Å². The van der Waals surface area contributed by atoms with Crippen LogP contribution < -0.4 is 5.56 Å². The molecule has 1 aromatic heterocycles. The van der Waals surface area contributed by atoms with Crippen LogP contribution in [0, 0.1) is 6.92 Å². The number of carbonyl (C=O) groups excluding carboxylic acids is 1. The molecule has 6 heteroatoms. The van der Waals surface area contributed by atoms with Gasteiger partial charge in [0.15, 0.2) is 0 Å². The highest BCUT2D eigenvalue weighted by Gasteiger charge is 2.40. The number of benzene rings is 2. The van der Waals surface area contributed by atoms with Crippen LogP contribution in [0.5, 0.6) is 0 Å². The maximum absolute atomic E-state index is 12.8. The number of hydrogen-bond acceptors (Lipinski definition) is 4. The Bertz CT molecular complexity index is 1080. The van der Waals surface area contributed by atoms with E-state index in [1.54, 1.807) is 0 Å². The van der Waals surface area contributed by atoms with Crippen molar-refractivity contribution in [3.63, 3.8) is 0 Å². The number of rotatable bonds is 3. The molecular formula is C22H21N3O3. The van der Waals surface area contributed by atoms with Gasteiger partial charge < -0.3 is 15.0 Å². The van der Waals surface area contributed by atoms with Crippen LogP contribution in [-0.4, -0.2) is 39.0 Å². The fraction of sp³-hybridized carbons (Fsp3) is 0.227. The van der Waals surface area contributed by atoms with Gasteiger partial charge in [0.25, 0.3) is 11.5 Å². The number of H-pyrrole nitrogens is 1. The Morgan fingerprint density at radius 3 is 2.68 bits per heavy atom. The molecule has 0 bridgehead atoms. The summed E-state index contributed by atoms with van der Waals surface area (Å²) >= 11 is 0. The van der Waals surface area contributed by atoms with Gasteiger partial charge in [-0.15, -0.1) is 0 Å². The molecule has 142 valence electrons. The highest BCUT2D eigenvalue weighted by Crippen LogP contribution is 2.32. The summed E-state index contributed by atoms with van der Waals surface area (Å²) in [7, 11) is 0. The molecule has 1 aliphatic heterocycles. The summed E-state index contributed by atoms with van der Waals surface area (Å²) in [6.07, 6.45) is 1.74. The molecule has 0 aliphatic carbocycles. The molecule has 2 aromatic carbocycles. The van der Waals surface area contributed by atoms with E-state index in [4.69, 9.17) is 0 Å². The molecule has 6 nitrogen and oxygen atoms in total. The van der Waals surface area contributed by atoms with Crippen LogP contribution >= 0.6 is 0 Å². The lowest BCUT2D eigenvalue weighted by atomic mass is 9.93. The standard InChI is InChI=1S/C22H21N3O3/c1-15-6-5-7-16(12-15)19-23-13-18(20(26)24-19)21(27)25-11-10-22(28,14-25)17-8-3-2-4-9-17/h2-9,12-13,28H,10-11,14H2,1H3,(H,23,24,26)/t22-/m1/s1. The Morgan fingerprint density at radius 1 is 1.18 bits per heavy atom. The molecule has 2 N–H and O–H groups in total. The molecule has 1 aliphatic rings. The van der Waals surface area contributed by atoms with E-state index in [2.05, 4.69) is 9.97 Å². The number of aromatic amines is 1. The Morgan fingerprint density at radius 2 is 1.96 bits per heavy atom. The van der Waals surface area contributed by atoms with Crippen molar-refractivity contribution in [2.75, 3.05) is 13.1 Å². The van der Waals surface area contributed by atoms with E-state index in [0.29, 0.717) is 18.8 Å². The summed E-state index contributed by atoms with van der Waals surface area (Å²) in [6, 6.07) is 16.9. The Hall–Kier alpha value is -3.25. The van der Waals surface area contributed by atoms with Crippen molar-refractivity contribution < 1.29 is 9.90 Å². The second-order valence-electron chi connectivity index (χ2n) is 7.22. The molecule has 1 fully saturated rings. The van der Waals surface area contributed by atoms with Crippen LogP contribution in [0.2, 0.25) is 0 Å². The van der Waals surface area contributed by atoms with E-state index >= 15 is 0 Å². The number of aliphatic hydroxyl groups is 1. The van der Waals surface area contributed by atoms with Crippen LogP contribution in [0.4, 0.5) is 0 Å². The van der Waals surface area contributed by atoms with Crippen molar-refractivity contribution in [2.45, 2.75) is 18.9 Å². The lowest BCUT2D eigenvalue weighted by Crippen LogP contribution is -2.37. The normalized spacial score (nSPS) is 19.0. The molecule has 4 rings (SSSR count). The quantitative estimate of drug-likeness (QED) is 0.736. The van der Waals surface area contributed by atoms with Crippen LogP contribution in [-0.2, 0) is 5.60 Å². The molecule has 1 atom stereocenters. The van der Waals surface area contributed by atoms with E-state index < -0.39 is 17.1 Å². The fourth-order valence-corrected chi connectivity index (χ4v) is 3.61. The van der Waals surface area contributed by atoms with Gasteiger partial charge in [-0.1, -0.05) is 54.1 Å². The zero-order chi connectivity index (χ0) is 19.7. The summed E-state index contributed by atoms with van der Waals surface area (Å²) in [5, 5.41) is 10.9. The highest BCUT2D eigenvalue weighted by atomic mass is 16.3. The summed E-state index contributed by atoms with van der Waals surface area (Å²) in [4.78, 5) is 33.8. The number of nitrogens with zero attached hydrogens (tertiary/aromatic N) is 2. The van der Waals surface area contributed by atoms with E-state index in [0.717, 1.165) is 16.7 Å². The van der Waals surface area contributed by atoms with E-state index in [9.17, 15) is 14.7 Å². The van der Waals surface area contributed by atoms with Crippen molar-refractivity contribution in [1.82, 2.24) is 14.9 Å². The monoisotopic (exact) mass is 375 g/mol. The topological polar surface area (TPSA) is 86.3 Å². The van der Waals surface area contributed by atoms with E-state index in [1.165, 1.54) is 11.1 Å². The van der Waals surface area contributed by atoms with Gasteiger partial charge >= 0.3 is 0 Å². The largest absolute Gasteiger partial charge is 0.383 e. The number of carbonyl (C=O) groups is 1. The summed E-state index contributed by atoms with van der Waals surface area (Å²) in [5.41, 5.74) is 1.01. The zero-order valence-electron chi connectivity index (χ0n) is 15.6. The van der Waals surface area contributed by atoms with Gasteiger partial charge in [0, 0.05) is 18.3 Å². The van der Waals surface area contributed by atoms with Gasteiger partial charge in [-0.3, -0.25) is 9.59 Å². The number of β-amino-alcohol motifs (C(OH)–C–C–N with tert-alkyl or cyclic N) is 1. The second-order valence-corrected chi connectivity index (χ2v) is 7.22. The first-order chi connectivity index (χ1) is 13.5. The molecule has 1 saturated heterocycles. The molecule has 0 spiro atoms. The van der Waals surface area contributed by atoms with Crippen molar-refractivity contribution in [2.24, 2.45) is 0 Å². The number of hydrogen-bond donors (Lipinski definition) is 2. The van der Waals surface area contributed by atoms with Gasteiger partial charge in [-0.25, -0.2) is 4.98 Å². The van der Waals surface area contributed by atoms with Crippen molar-refractivity contribution in [3.8, 4) is 11.4 Å². The third-order valence-corrected chi connectivity index (χ3v) is 5.17. The predicted octanol–water partition coefficient (Wildman–Crippen LogP) is 2.48. The highest BCUT2D eigenvalue weighted by molar-refractivity contribution is 5.94. The van der Waals surface area contributed by atoms with E-state index in [1.807, 2.05) is 61.5 Å². The van der Waals surface area contributed by atoms with Gasteiger partial charge in [0.05, 0.1) is 6.54 Å². The molecule has 2 heterocycles. The number of aromatic nitrogens is 2. The average Bonchev–Trinajstić information content (AvgIpc) is 3.12. The first-order valence-electron chi connectivity index (χ1n) is 9.20. The third-order valence-electron chi connectivity index (χ3n) is 5.17. The second kappa shape index (κ2) is 7.05. The number of nitrogens with one attached hydrogen (secondary N) is 1. The molecule has 0 radical (unpaired) electrons. The molecule has 0 saturated carbocycles. The molecule has 1 amide bonds. The van der Waals surface area contributed by atoms with Gasteiger partial charge in [-0.05, 0) is 25.0 Å². The minimum atomic E-state index is -1.10. The molecular weight excluding hydrogens is 354 g/mol. The Balaban J connectivity index is 1.57. The van der Waals surface area contributed by atoms with Gasteiger partial charge in [0.1, 0.15) is 17.0 Å². The summed E-state index contributed by atoms with van der Waals surface area (Å²) < 4.78 is 0. The van der Waals surface area contributed by atoms with Crippen molar-refractivity contribution >= 4 is 5.91 Å². The molecule has 0 unspecified atom stereocenters. The average molecular weight is 375 g/mol. The van der Waals surface area contributed by atoms with Gasteiger partial charge in [0.2, 0.25) is 0 Å². The summed E-state index contributed by atoms with van der Waals surface area (Å²) in [6.45, 7) is 2.49. The van der Waals surface area contributed by atoms with E-state index in [-0.39, 0.29) is 12.1 Å². The van der Waals surface area contributed by atoms with Crippen LogP contribution in [0.15, 0.2) is 65.6 Å². The van der Waals surface area contributed by atoms with Gasteiger partial charge in [-0.2, -0.15) is 0 Å². The number of likely N-dealkylation sites (tertiary alicyclic amines) is 1. The third kappa shape index (κ3) is 3.34. The zero-order valence-corrected chi connectivity index (χ0v) is 15.6. The number of aryl methyl sites for hydroxylation is 1. The minimum absolute atomic E-state index is 0.0197. The molecule has 28 heavy (non-hydrogen) atoms. The lowest BCUT2D eigenvalue weighted by Gasteiger charge is -2.23. The Kier molecular flexibility index (Phi) is 4.57. The molecule has 3 aromatic rings. The lowest BCUT2D eigenvalue weighted by molar-refractivity contribution is 0.0416. The fourth-order valence-electron chi connectivity index (χ4n) is 3.61. The number of amides is 1. The van der Waals surface area contributed by atoms with Crippen molar-refractivity contribution in [3.05, 3.63) is 87.8 Å². The minimum Gasteiger partial charge on any atom is -0.383 e. The van der Waals surface area contributed by atoms with Crippen LogP contribution in [0.25, 0.3) is 11.4 Å². The predicted molar refractivity (Wildman–Crippen MR) is 106 cm³/mol. The van der Waals surface area contributed by atoms with Crippen molar-refractivity contribution in [1.29, 1.82) is 0 Å². The SMILES string of the molecule is Cc1cccc(-c2ncc(C(=O)N3CC[C@](O)(c4ccccc4)C3)c(=O)[nH]2)c1. The van der Waals surface area contributed by atoms with Crippen LogP contribution in [0.3, 0.4) is 0 Å². The smallest absolute Gasteiger partial charge is 0.264 e. The first-order valence-corrected chi connectivity index (χ1v) is 9.20. The maximum Gasteiger partial charge on any atom is 0.264 e. The van der Waals surface area contributed by atoms with Crippen LogP contribution in [0.1, 0.15) is 27.9 Å². The summed E-state index contributed by atoms with van der Waals surface area (Å²) in [5.74, 6) is 0.00357. The maximum atomic E-state index is 12.8. The first kappa shape index (κ1) is 18.1.